The maximum absolute atomic E-state index is 12.2. The first-order valence-electron chi connectivity index (χ1n) is 10.2. The van der Waals surface area contributed by atoms with E-state index >= 15 is 0 Å². The number of aromatic nitrogens is 4. The molecule has 8 heteroatoms. The maximum atomic E-state index is 12.2. The van der Waals surface area contributed by atoms with Gasteiger partial charge in [0.2, 0.25) is 11.9 Å². The van der Waals surface area contributed by atoms with E-state index in [2.05, 4.69) is 24.8 Å². The smallest absolute Gasteiger partial charge is 0.252 e. The first-order valence-corrected chi connectivity index (χ1v) is 10.2. The van der Waals surface area contributed by atoms with Gasteiger partial charge in [-0.1, -0.05) is 0 Å². The summed E-state index contributed by atoms with van der Waals surface area (Å²) in [5.74, 6) is 1.76. The highest BCUT2D eigenvalue weighted by atomic mass is 16.1. The third-order valence-electron chi connectivity index (χ3n) is 5.58. The molecule has 2 saturated heterocycles. The van der Waals surface area contributed by atoms with E-state index in [0.29, 0.717) is 5.92 Å². The molecule has 4 rings (SSSR count). The number of nitrogens with one attached hydrogen (secondary N) is 1. The lowest BCUT2D eigenvalue weighted by Crippen LogP contribution is -2.35. The molecule has 0 saturated carbocycles. The quantitative estimate of drug-likeness (QED) is 0.840. The Kier molecular flexibility index (Phi) is 5.57. The van der Waals surface area contributed by atoms with Crippen molar-refractivity contribution in [3.63, 3.8) is 0 Å². The normalized spacial score (nSPS) is 20.5. The number of piperidine rings is 1. The van der Waals surface area contributed by atoms with E-state index in [9.17, 15) is 4.79 Å². The molecule has 1 unspecified atom stereocenters. The first-order chi connectivity index (χ1) is 13.6. The highest BCUT2D eigenvalue weighted by Crippen LogP contribution is 2.27. The molecular formula is C20H29N7O. The zero-order chi connectivity index (χ0) is 19.5. The van der Waals surface area contributed by atoms with Gasteiger partial charge in [-0.3, -0.25) is 14.7 Å². The lowest BCUT2D eigenvalue weighted by molar-refractivity contribution is 0.198. The molecule has 4 heterocycles. The maximum Gasteiger partial charge on any atom is 0.252 e. The fourth-order valence-electron chi connectivity index (χ4n) is 4.11. The number of rotatable bonds is 5. The van der Waals surface area contributed by atoms with Crippen LogP contribution in [0.3, 0.4) is 0 Å². The SMILES string of the molecule is CN(C)c1ncc(CN2CCCC(c3cc(=O)[nH]c(N4CCCC4)n3)C2)cn1. The zero-order valence-electron chi connectivity index (χ0n) is 16.8. The largest absolute Gasteiger partial charge is 0.347 e. The Hall–Kier alpha value is -2.48. The van der Waals surface area contributed by atoms with Crippen molar-refractivity contribution in [2.45, 2.75) is 38.1 Å². The minimum Gasteiger partial charge on any atom is -0.347 e. The number of anilines is 2. The van der Waals surface area contributed by atoms with E-state index in [0.717, 1.165) is 68.7 Å². The van der Waals surface area contributed by atoms with Crippen molar-refractivity contribution >= 4 is 11.9 Å². The summed E-state index contributed by atoms with van der Waals surface area (Å²) in [5.41, 5.74) is 1.99. The summed E-state index contributed by atoms with van der Waals surface area (Å²) in [6.07, 6.45) is 8.32. The Morgan fingerprint density at radius 1 is 1.14 bits per heavy atom. The molecule has 2 aromatic heterocycles. The summed E-state index contributed by atoms with van der Waals surface area (Å²) in [6.45, 7) is 4.74. The van der Waals surface area contributed by atoms with Crippen LogP contribution in [0, 0.1) is 0 Å². The molecule has 150 valence electrons. The van der Waals surface area contributed by atoms with Gasteiger partial charge in [0.05, 0.1) is 5.69 Å². The van der Waals surface area contributed by atoms with E-state index in [1.165, 1.54) is 12.8 Å². The Morgan fingerprint density at radius 2 is 1.89 bits per heavy atom. The lowest BCUT2D eigenvalue weighted by atomic mass is 9.94. The van der Waals surface area contributed by atoms with Crippen LogP contribution in [0.25, 0.3) is 0 Å². The van der Waals surface area contributed by atoms with Gasteiger partial charge in [0.1, 0.15) is 0 Å². The number of hydrogen-bond donors (Lipinski definition) is 1. The topological polar surface area (TPSA) is 81.3 Å². The summed E-state index contributed by atoms with van der Waals surface area (Å²) in [6, 6.07) is 1.68. The van der Waals surface area contributed by atoms with Crippen LogP contribution >= 0.6 is 0 Å². The summed E-state index contributed by atoms with van der Waals surface area (Å²) in [5, 5.41) is 0. The van der Waals surface area contributed by atoms with Gasteiger partial charge < -0.3 is 9.80 Å². The molecule has 0 spiro atoms. The number of aromatic amines is 1. The number of H-pyrrole nitrogens is 1. The van der Waals surface area contributed by atoms with Crippen molar-refractivity contribution < 1.29 is 0 Å². The van der Waals surface area contributed by atoms with Crippen molar-refractivity contribution in [1.82, 2.24) is 24.8 Å². The Morgan fingerprint density at radius 3 is 2.61 bits per heavy atom. The third-order valence-corrected chi connectivity index (χ3v) is 5.58. The van der Waals surface area contributed by atoms with Crippen molar-refractivity contribution in [3.8, 4) is 0 Å². The second-order valence-electron chi connectivity index (χ2n) is 8.05. The fourth-order valence-corrected chi connectivity index (χ4v) is 4.11. The van der Waals surface area contributed by atoms with Crippen LogP contribution in [0.4, 0.5) is 11.9 Å². The van der Waals surface area contributed by atoms with Gasteiger partial charge in [0.15, 0.2) is 0 Å². The standard InChI is InChI=1S/C20H29N7O/c1-25(2)19-21-11-15(12-22-19)13-26-7-5-6-16(14-26)17-10-18(28)24-20(23-17)27-8-3-4-9-27/h10-12,16H,3-9,13-14H2,1-2H3,(H,23,24,28). The van der Waals surface area contributed by atoms with Crippen LogP contribution in [-0.4, -0.2) is 65.1 Å². The van der Waals surface area contributed by atoms with Gasteiger partial charge in [-0.25, -0.2) is 15.0 Å². The molecule has 2 aromatic rings. The van der Waals surface area contributed by atoms with Crippen LogP contribution in [0.1, 0.15) is 42.9 Å². The molecule has 0 amide bonds. The predicted molar refractivity (Wildman–Crippen MR) is 110 cm³/mol. The van der Waals surface area contributed by atoms with Gasteiger partial charge in [-0.15, -0.1) is 0 Å². The van der Waals surface area contributed by atoms with E-state index in [-0.39, 0.29) is 5.56 Å². The number of nitrogens with zero attached hydrogens (tertiary/aromatic N) is 6. The van der Waals surface area contributed by atoms with Crippen LogP contribution < -0.4 is 15.4 Å². The average Bonchev–Trinajstić information content (AvgIpc) is 3.23. The van der Waals surface area contributed by atoms with Gasteiger partial charge in [0, 0.05) is 70.2 Å². The van der Waals surface area contributed by atoms with Crippen molar-refractivity contribution in [2.75, 3.05) is 50.1 Å². The Bertz CT molecular complexity index is 842. The van der Waals surface area contributed by atoms with E-state index < -0.39 is 0 Å². The molecule has 0 aromatic carbocycles. The van der Waals surface area contributed by atoms with Crippen molar-refractivity contribution in [2.24, 2.45) is 0 Å². The Balaban J connectivity index is 1.45. The second-order valence-corrected chi connectivity index (χ2v) is 8.05. The molecule has 8 nitrogen and oxygen atoms in total. The van der Waals surface area contributed by atoms with Crippen LogP contribution in [-0.2, 0) is 6.54 Å². The molecule has 1 N–H and O–H groups in total. The summed E-state index contributed by atoms with van der Waals surface area (Å²) in [4.78, 5) is 35.3. The van der Waals surface area contributed by atoms with Crippen LogP contribution in [0.15, 0.2) is 23.3 Å². The monoisotopic (exact) mass is 383 g/mol. The minimum atomic E-state index is -0.0447. The van der Waals surface area contributed by atoms with Gasteiger partial charge >= 0.3 is 0 Å². The molecular weight excluding hydrogens is 354 g/mol. The molecule has 0 radical (unpaired) electrons. The van der Waals surface area contributed by atoms with Crippen LogP contribution in [0.5, 0.6) is 0 Å². The van der Waals surface area contributed by atoms with E-state index in [4.69, 9.17) is 4.98 Å². The summed E-state index contributed by atoms with van der Waals surface area (Å²) in [7, 11) is 3.88. The molecule has 2 fully saturated rings. The van der Waals surface area contributed by atoms with Gasteiger partial charge in [0.25, 0.3) is 5.56 Å². The summed E-state index contributed by atoms with van der Waals surface area (Å²) >= 11 is 0. The fraction of sp³-hybridized carbons (Fsp3) is 0.600. The van der Waals surface area contributed by atoms with E-state index in [1.807, 2.05) is 31.4 Å². The Labute approximate surface area is 165 Å². The number of likely N-dealkylation sites (tertiary alicyclic amines) is 1. The average molecular weight is 384 g/mol. The third kappa shape index (κ3) is 4.32. The second kappa shape index (κ2) is 8.26. The molecule has 0 bridgehead atoms. The molecule has 0 aliphatic carbocycles. The van der Waals surface area contributed by atoms with Gasteiger partial charge in [-0.05, 0) is 32.2 Å². The summed E-state index contributed by atoms with van der Waals surface area (Å²) < 4.78 is 0. The van der Waals surface area contributed by atoms with Crippen molar-refractivity contribution in [1.29, 1.82) is 0 Å². The molecule has 2 aliphatic heterocycles. The molecule has 28 heavy (non-hydrogen) atoms. The van der Waals surface area contributed by atoms with Crippen LogP contribution in [0.2, 0.25) is 0 Å². The van der Waals surface area contributed by atoms with E-state index in [1.54, 1.807) is 6.07 Å². The minimum absolute atomic E-state index is 0.0447. The lowest BCUT2D eigenvalue weighted by Gasteiger charge is -2.32. The predicted octanol–water partition coefficient (Wildman–Crippen LogP) is 1.61. The highest BCUT2D eigenvalue weighted by Gasteiger charge is 2.24. The first kappa shape index (κ1) is 18.9. The zero-order valence-corrected chi connectivity index (χ0v) is 16.8. The molecule has 1 atom stereocenters. The highest BCUT2D eigenvalue weighted by molar-refractivity contribution is 5.32. The molecule has 2 aliphatic rings. The van der Waals surface area contributed by atoms with Crippen molar-refractivity contribution in [3.05, 3.63) is 40.1 Å². The number of hydrogen-bond acceptors (Lipinski definition) is 7. The van der Waals surface area contributed by atoms with Gasteiger partial charge in [-0.2, -0.15) is 0 Å².